The first kappa shape index (κ1) is 12.5. The van der Waals surface area contributed by atoms with Gasteiger partial charge in [0.25, 0.3) is 0 Å². The molecule has 1 unspecified atom stereocenters. The molecule has 86 valence electrons. The number of methoxy groups -OCH3 is 1. The van der Waals surface area contributed by atoms with Crippen LogP contribution in [0.1, 0.15) is 12.5 Å². The molecular formula is C13H17NO2. The molecule has 0 amide bonds. The van der Waals surface area contributed by atoms with E-state index in [1.54, 1.807) is 7.11 Å². The average molecular weight is 219 g/mol. The van der Waals surface area contributed by atoms with Gasteiger partial charge in [0.2, 0.25) is 0 Å². The van der Waals surface area contributed by atoms with Gasteiger partial charge in [-0.15, -0.1) is 0 Å². The van der Waals surface area contributed by atoms with E-state index in [2.05, 4.69) is 6.07 Å². The lowest BCUT2D eigenvalue weighted by Gasteiger charge is -2.07. The minimum absolute atomic E-state index is 0.0758. The van der Waals surface area contributed by atoms with Crippen LogP contribution in [0.15, 0.2) is 24.3 Å². The number of hydrogen-bond donors (Lipinski definition) is 0. The molecule has 0 aliphatic heterocycles. The van der Waals surface area contributed by atoms with Gasteiger partial charge in [0.05, 0.1) is 18.6 Å². The number of nitriles is 1. The summed E-state index contributed by atoms with van der Waals surface area (Å²) in [5.74, 6) is 0.733. The molecule has 0 N–H and O–H groups in total. The molecule has 1 atom stereocenters. The highest BCUT2D eigenvalue weighted by molar-refractivity contribution is 5.27. The molecule has 3 nitrogen and oxygen atoms in total. The summed E-state index contributed by atoms with van der Waals surface area (Å²) in [5, 5.41) is 8.61. The van der Waals surface area contributed by atoms with Gasteiger partial charge in [0.15, 0.2) is 0 Å². The van der Waals surface area contributed by atoms with E-state index < -0.39 is 0 Å². The van der Waals surface area contributed by atoms with Crippen LogP contribution in [0.2, 0.25) is 0 Å². The molecule has 0 aliphatic rings. The van der Waals surface area contributed by atoms with E-state index in [1.165, 1.54) is 5.56 Å². The van der Waals surface area contributed by atoms with Crippen molar-refractivity contribution in [2.75, 3.05) is 20.3 Å². The maximum absolute atomic E-state index is 8.61. The molecule has 0 radical (unpaired) electrons. The first-order chi connectivity index (χ1) is 7.76. The summed E-state index contributed by atoms with van der Waals surface area (Å²) in [7, 11) is 1.70. The molecule has 16 heavy (non-hydrogen) atoms. The Balaban J connectivity index is 2.42. The van der Waals surface area contributed by atoms with E-state index in [1.807, 2.05) is 31.2 Å². The van der Waals surface area contributed by atoms with Crippen LogP contribution in [0.4, 0.5) is 0 Å². The highest BCUT2D eigenvalue weighted by Crippen LogP contribution is 2.13. The van der Waals surface area contributed by atoms with Gasteiger partial charge in [-0.1, -0.05) is 12.1 Å². The number of nitrogens with zero attached hydrogens (tertiary/aromatic N) is 1. The summed E-state index contributed by atoms with van der Waals surface area (Å²) < 4.78 is 10.5. The molecular weight excluding hydrogens is 202 g/mol. The SMILES string of the molecule is COCCc1ccc(OCC(C)C#N)cc1. The second-order valence-corrected chi connectivity index (χ2v) is 3.73. The Kier molecular flexibility index (Phi) is 5.38. The number of ether oxygens (including phenoxy) is 2. The van der Waals surface area contributed by atoms with Gasteiger partial charge in [-0.3, -0.25) is 0 Å². The molecule has 1 rings (SSSR count). The van der Waals surface area contributed by atoms with Gasteiger partial charge in [0, 0.05) is 7.11 Å². The Bertz CT molecular complexity index is 340. The van der Waals surface area contributed by atoms with Gasteiger partial charge in [0.1, 0.15) is 12.4 Å². The standard InChI is InChI=1S/C13H17NO2/c1-11(9-14)10-16-13-5-3-12(4-6-13)7-8-15-2/h3-6,11H,7-8,10H2,1-2H3. The van der Waals surface area contributed by atoms with Crippen LogP contribution in [-0.4, -0.2) is 20.3 Å². The fourth-order valence-corrected chi connectivity index (χ4v) is 1.23. The van der Waals surface area contributed by atoms with Crippen LogP contribution < -0.4 is 4.74 Å². The molecule has 0 bridgehead atoms. The average Bonchev–Trinajstić information content (AvgIpc) is 2.34. The van der Waals surface area contributed by atoms with E-state index in [0.29, 0.717) is 6.61 Å². The van der Waals surface area contributed by atoms with Crippen LogP contribution in [0.3, 0.4) is 0 Å². The molecule has 0 fully saturated rings. The van der Waals surface area contributed by atoms with Gasteiger partial charge in [-0.25, -0.2) is 0 Å². The van der Waals surface area contributed by atoms with Crippen molar-refractivity contribution in [2.45, 2.75) is 13.3 Å². The Morgan fingerprint density at radius 2 is 2.00 bits per heavy atom. The fraction of sp³-hybridized carbons (Fsp3) is 0.462. The topological polar surface area (TPSA) is 42.2 Å². The highest BCUT2D eigenvalue weighted by atomic mass is 16.5. The van der Waals surface area contributed by atoms with Crippen LogP contribution in [-0.2, 0) is 11.2 Å². The van der Waals surface area contributed by atoms with Gasteiger partial charge in [-0.2, -0.15) is 5.26 Å². The molecule has 1 aromatic carbocycles. The predicted molar refractivity (Wildman–Crippen MR) is 62.3 cm³/mol. The number of hydrogen-bond acceptors (Lipinski definition) is 3. The Morgan fingerprint density at radius 1 is 1.31 bits per heavy atom. The van der Waals surface area contributed by atoms with Crippen LogP contribution >= 0.6 is 0 Å². The van der Waals surface area contributed by atoms with Crippen LogP contribution in [0.25, 0.3) is 0 Å². The summed E-state index contributed by atoms with van der Waals surface area (Å²) >= 11 is 0. The lowest BCUT2D eigenvalue weighted by Crippen LogP contribution is -2.06. The lowest BCUT2D eigenvalue weighted by atomic mass is 10.1. The summed E-state index contributed by atoms with van der Waals surface area (Å²) in [4.78, 5) is 0. The molecule has 0 spiro atoms. The third-order valence-electron chi connectivity index (χ3n) is 2.24. The number of rotatable bonds is 6. The fourth-order valence-electron chi connectivity index (χ4n) is 1.23. The molecule has 1 aromatic rings. The Morgan fingerprint density at radius 3 is 2.56 bits per heavy atom. The van der Waals surface area contributed by atoms with Gasteiger partial charge in [-0.05, 0) is 31.0 Å². The maximum Gasteiger partial charge on any atom is 0.119 e. The minimum atomic E-state index is -0.0758. The highest BCUT2D eigenvalue weighted by Gasteiger charge is 2.00. The Labute approximate surface area is 96.6 Å². The second-order valence-electron chi connectivity index (χ2n) is 3.73. The quantitative estimate of drug-likeness (QED) is 0.737. The van der Waals surface area contributed by atoms with Crippen LogP contribution in [0.5, 0.6) is 5.75 Å². The van der Waals surface area contributed by atoms with Crippen LogP contribution in [0, 0.1) is 17.2 Å². The minimum Gasteiger partial charge on any atom is -0.492 e. The molecule has 0 aromatic heterocycles. The first-order valence-corrected chi connectivity index (χ1v) is 5.36. The first-order valence-electron chi connectivity index (χ1n) is 5.36. The third kappa shape index (κ3) is 4.33. The van der Waals surface area contributed by atoms with Crippen molar-refractivity contribution in [3.05, 3.63) is 29.8 Å². The molecule has 0 heterocycles. The maximum atomic E-state index is 8.61. The van der Waals surface area contributed by atoms with Gasteiger partial charge < -0.3 is 9.47 Å². The Hall–Kier alpha value is -1.53. The van der Waals surface area contributed by atoms with E-state index in [0.717, 1.165) is 18.8 Å². The molecule has 0 saturated carbocycles. The van der Waals surface area contributed by atoms with Crippen molar-refractivity contribution >= 4 is 0 Å². The summed E-state index contributed by atoms with van der Waals surface area (Å²) in [6.45, 7) is 3.01. The zero-order valence-corrected chi connectivity index (χ0v) is 9.77. The van der Waals surface area contributed by atoms with Gasteiger partial charge >= 0.3 is 0 Å². The summed E-state index contributed by atoms with van der Waals surface area (Å²) in [5.41, 5.74) is 1.22. The van der Waals surface area contributed by atoms with Crippen molar-refractivity contribution < 1.29 is 9.47 Å². The van der Waals surface area contributed by atoms with E-state index in [-0.39, 0.29) is 5.92 Å². The van der Waals surface area contributed by atoms with Crippen molar-refractivity contribution in [3.63, 3.8) is 0 Å². The van der Waals surface area contributed by atoms with Crippen molar-refractivity contribution in [3.8, 4) is 11.8 Å². The van der Waals surface area contributed by atoms with E-state index in [9.17, 15) is 0 Å². The second kappa shape index (κ2) is 6.86. The lowest BCUT2D eigenvalue weighted by molar-refractivity contribution is 0.202. The molecule has 0 saturated heterocycles. The molecule has 3 heteroatoms. The van der Waals surface area contributed by atoms with E-state index >= 15 is 0 Å². The summed E-state index contributed by atoms with van der Waals surface area (Å²) in [6, 6.07) is 10.0. The van der Waals surface area contributed by atoms with Crippen molar-refractivity contribution in [1.82, 2.24) is 0 Å². The van der Waals surface area contributed by atoms with E-state index in [4.69, 9.17) is 14.7 Å². The largest absolute Gasteiger partial charge is 0.492 e. The van der Waals surface area contributed by atoms with Crippen molar-refractivity contribution in [2.24, 2.45) is 5.92 Å². The summed E-state index contributed by atoms with van der Waals surface area (Å²) in [6.07, 6.45) is 0.908. The van der Waals surface area contributed by atoms with Crippen molar-refractivity contribution in [1.29, 1.82) is 5.26 Å². The normalized spacial score (nSPS) is 11.8. The smallest absolute Gasteiger partial charge is 0.119 e. The third-order valence-corrected chi connectivity index (χ3v) is 2.24. The monoisotopic (exact) mass is 219 g/mol. The molecule has 0 aliphatic carbocycles. The zero-order chi connectivity index (χ0) is 11.8. The zero-order valence-electron chi connectivity index (χ0n) is 9.77. The predicted octanol–water partition coefficient (Wildman–Crippen LogP) is 2.41. The number of benzene rings is 1.